The number of nitrogens with one attached hydrogen (secondary N) is 1. The van der Waals surface area contributed by atoms with Gasteiger partial charge < -0.3 is 15.0 Å². The Balaban J connectivity index is 1.86. The molecule has 1 N–H and O–H groups in total. The number of para-hydroxylation sites is 2. The third-order valence-corrected chi connectivity index (χ3v) is 9.78. The van der Waals surface area contributed by atoms with E-state index in [-0.39, 0.29) is 41.9 Å². The molecule has 4 aromatic carbocycles. The Labute approximate surface area is 291 Å². The van der Waals surface area contributed by atoms with Gasteiger partial charge in [0.1, 0.15) is 18.3 Å². The number of rotatable bonds is 14. The van der Waals surface area contributed by atoms with Gasteiger partial charge in [-0.2, -0.15) is 0 Å². The van der Waals surface area contributed by atoms with Crippen LogP contribution >= 0.6 is 34.8 Å². The van der Waals surface area contributed by atoms with E-state index >= 15 is 0 Å². The summed E-state index contributed by atoms with van der Waals surface area (Å²) in [6, 6.07) is 25.1. The lowest BCUT2D eigenvalue weighted by Crippen LogP contribution is -2.54. The quantitative estimate of drug-likeness (QED) is 0.147. The number of hydrogen-bond donors (Lipinski definition) is 1. The molecule has 2 amide bonds. The Kier molecular flexibility index (Phi) is 12.6. The van der Waals surface area contributed by atoms with Gasteiger partial charge in [0.15, 0.2) is 0 Å². The summed E-state index contributed by atoms with van der Waals surface area (Å²) in [5.74, 6) is -0.769. The minimum atomic E-state index is -4.35. The number of anilines is 1. The summed E-state index contributed by atoms with van der Waals surface area (Å²) in [6.07, 6.45) is 0.163. The second kappa shape index (κ2) is 16.4. The maximum Gasteiger partial charge on any atom is 0.264 e. The second-order valence-electron chi connectivity index (χ2n) is 11.0. The van der Waals surface area contributed by atoms with Crippen molar-refractivity contribution < 1.29 is 22.7 Å². The first kappa shape index (κ1) is 36.1. The highest BCUT2D eigenvalue weighted by molar-refractivity contribution is 7.92. The lowest BCUT2D eigenvalue weighted by Gasteiger charge is -2.34. The molecule has 4 aromatic rings. The summed E-state index contributed by atoms with van der Waals surface area (Å²) in [6.45, 7) is 4.93. The van der Waals surface area contributed by atoms with Crippen LogP contribution in [0.5, 0.6) is 5.75 Å². The molecule has 248 valence electrons. The third kappa shape index (κ3) is 9.41. The van der Waals surface area contributed by atoms with Gasteiger partial charge in [-0.25, -0.2) is 8.42 Å². The van der Waals surface area contributed by atoms with E-state index in [1.165, 1.54) is 29.2 Å². The number of carbonyl (C=O) groups is 2. The monoisotopic (exact) mass is 715 g/mol. The summed E-state index contributed by atoms with van der Waals surface area (Å²) in [5.41, 5.74) is 1.50. The minimum Gasteiger partial charge on any atom is -0.492 e. The average molecular weight is 717 g/mol. The van der Waals surface area contributed by atoms with Crippen molar-refractivity contribution >= 4 is 62.3 Å². The summed E-state index contributed by atoms with van der Waals surface area (Å²) >= 11 is 18.8. The molecule has 0 bridgehead atoms. The largest absolute Gasteiger partial charge is 0.492 e. The fourth-order valence-corrected chi connectivity index (χ4v) is 6.97. The van der Waals surface area contributed by atoms with Crippen molar-refractivity contribution in [2.45, 2.75) is 50.7 Å². The molecule has 0 saturated heterocycles. The van der Waals surface area contributed by atoms with Gasteiger partial charge in [0, 0.05) is 34.1 Å². The third-order valence-electron chi connectivity index (χ3n) is 7.17. The summed E-state index contributed by atoms with van der Waals surface area (Å²) in [4.78, 5) is 29.8. The van der Waals surface area contributed by atoms with E-state index in [1.54, 1.807) is 49.4 Å². The molecular weight excluding hydrogens is 681 g/mol. The molecule has 0 radical (unpaired) electrons. The van der Waals surface area contributed by atoms with E-state index in [9.17, 15) is 18.0 Å². The Hall–Kier alpha value is -3.76. The summed E-state index contributed by atoms with van der Waals surface area (Å²) < 4.78 is 35.4. The Morgan fingerprint density at radius 3 is 2.13 bits per heavy atom. The molecule has 12 heteroatoms. The number of amides is 2. The van der Waals surface area contributed by atoms with Gasteiger partial charge in [0.2, 0.25) is 11.8 Å². The lowest BCUT2D eigenvalue weighted by molar-refractivity contribution is -0.140. The molecule has 0 aliphatic carbocycles. The number of hydrogen-bond acceptors (Lipinski definition) is 5. The smallest absolute Gasteiger partial charge is 0.264 e. The van der Waals surface area contributed by atoms with E-state index in [2.05, 4.69) is 5.32 Å². The van der Waals surface area contributed by atoms with Gasteiger partial charge in [0.05, 0.1) is 17.2 Å². The van der Waals surface area contributed by atoms with Crippen LogP contribution in [0.4, 0.5) is 5.69 Å². The first-order chi connectivity index (χ1) is 22.4. The second-order valence-corrected chi connectivity index (χ2v) is 14.1. The number of ether oxygens (including phenoxy) is 1. The van der Waals surface area contributed by atoms with E-state index < -0.39 is 34.4 Å². The van der Waals surface area contributed by atoms with Crippen LogP contribution in [0.3, 0.4) is 0 Å². The molecule has 0 spiro atoms. The maximum absolute atomic E-state index is 14.6. The maximum atomic E-state index is 14.6. The molecule has 0 fully saturated rings. The van der Waals surface area contributed by atoms with Crippen LogP contribution in [-0.2, 0) is 32.6 Å². The van der Waals surface area contributed by atoms with Crippen LogP contribution in [0.15, 0.2) is 102 Å². The van der Waals surface area contributed by atoms with E-state index in [0.717, 1.165) is 9.87 Å². The lowest BCUT2D eigenvalue weighted by atomic mass is 10.0. The standard InChI is InChI=1S/C35H36Cl3N3O5S/c1-4-46-33-13-9-8-12-31(33)41(47(44,45)29-18-16-27(36)17-19-29)23-34(42)40(22-26-14-15-28(37)21-30(26)38)32(35(43)39-24(2)3)20-25-10-6-5-7-11-25/h5-19,21,24,32H,4,20,22-23H2,1-3H3,(H,39,43)/t32-/m0/s1. The van der Waals surface area contributed by atoms with Gasteiger partial charge in [-0.3, -0.25) is 13.9 Å². The van der Waals surface area contributed by atoms with Gasteiger partial charge in [-0.05, 0) is 80.4 Å². The van der Waals surface area contributed by atoms with Gasteiger partial charge in [-0.15, -0.1) is 0 Å². The number of nitrogens with zero attached hydrogens (tertiary/aromatic N) is 2. The molecule has 4 rings (SSSR count). The highest BCUT2D eigenvalue weighted by atomic mass is 35.5. The Morgan fingerprint density at radius 2 is 1.49 bits per heavy atom. The van der Waals surface area contributed by atoms with Crippen molar-refractivity contribution in [1.29, 1.82) is 0 Å². The average Bonchev–Trinajstić information content (AvgIpc) is 3.03. The van der Waals surface area contributed by atoms with Crippen molar-refractivity contribution in [3.8, 4) is 5.75 Å². The number of sulfonamides is 1. The molecule has 1 atom stereocenters. The van der Waals surface area contributed by atoms with Crippen LogP contribution in [0.2, 0.25) is 15.1 Å². The first-order valence-corrected chi connectivity index (χ1v) is 17.6. The zero-order valence-electron chi connectivity index (χ0n) is 26.2. The van der Waals surface area contributed by atoms with Crippen LogP contribution in [0.25, 0.3) is 0 Å². The normalized spacial score (nSPS) is 12.0. The molecule has 0 unspecified atom stereocenters. The summed E-state index contributed by atoms with van der Waals surface area (Å²) in [5, 5.41) is 3.98. The van der Waals surface area contributed by atoms with Crippen molar-refractivity contribution in [1.82, 2.24) is 10.2 Å². The Morgan fingerprint density at radius 1 is 0.851 bits per heavy atom. The molecule has 8 nitrogen and oxygen atoms in total. The fraction of sp³-hybridized carbons (Fsp3) is 0.257. The van der Waals surface area contributed by atoms with Crippen molar-refractivity contribution in [3.05, 3.63) is 123 Å². The van der Waals surface area contributed by atoms with Gasteiger partial charge in [-0.1, -0.05) is 83.3 Å². The summed E-state index contributed by atoms with van der Waals surface area (Å²) in [7, 11) is -4.35. The van der Waals surface area contributed by atoms with Crippen LogP contribution in [0, 0.1) is 0 Å². The molecule has 0 heterocycles. The zero-order valence-corrected chi connectivity index (χ0v) is 29.3. The molecule has 47 heavy (non-hydrogen) atoms. The molecule has 0 saturated carbocycles. The SMILES string of the molecule is CCOc1ccccc1N(CC(=O)N(Cc1ccc(Cl)cc1Cl)[C@@H](Cc1ccccc1)C(=O)NC(C)C)S(=O)(=O)c1ccc(Cl)cc1. The van der Waals surface area contributed by atoms with Crippen LogP contribution < -0.4 is 14.4 Å². The molecule has 0 aromatic heterocycles. The number of halogens is 3. The van der Waals surface area contributed by atoms with E-state index in [4.69, 9.17) is 39.5 Å². The predicted molar refractivity (Wildman–Crippen MR) is 188 cm³/mol. The molecular formula is C35H36Cl3N3O5S. The molecule has 0 aliphatic rings. The fourth-order valence-electron chi connectivity index (χ4n) is 4.96. The van der Waals surface area contributed by atoms with Gasteiger partial charge >= 0.3 is 0 Å². The Bertz CT molecular complexity index is 1790. The minimum absolute atomic E-state index is 0.0771. The van der Waals surface area contributed by atoms with Crippen molar-refractivity contribution in [3.63, 3.8) is 0 Å². The van der Waals surface area contributed by atoms with E-state index in [1.807, 2.05) is 44.2 Å². The number of benzene rings is 4. The zero-order chi connectivity index (χ0) is 34.1. The van der Waals surface area contributed by atoms with E-state index in [0.29, 0.717) is 20.6 Å². The van der Waals surface area contributed by atoms with Crippen molar-refractivity contribution in [2.75, 3.05) is 17.5 Å². The van der Waals surface area contributed by atoms with Crippen LogP contribution in [-0.4, -0.2) is 50.4 Å². The highest BCUT2D eigenvalue weighted by Gasteiger charge is 2.36. The van der Waals surface area contributed by atoms with Gasteiger partial charge in [0.25, 0.3) is 10.0 Å². The van der Waals surface area contributed by atoms with Crippen molar-refractivity contribution in [2.24, 2.45) is 0 Å². The topological polar surface area (TPSA) is 96.0 Å². The first-order valence-electron chi connectivity index (χ1n) is 15.0. The predicted octanol–water partition coefficient (Wildman–Crippen LogP) is 7.41. The van der Waals surface area contributed by atoms with Crippen LogP contribution in [0.1, 0.15) is 31.9 Å². The highest BCUT2D eigenvalue weighted by Crippen LogP contribution is 2.33. The number of carbonyl (C=O) groups excluding carboxylic acids is 2. The molecule has 0 aliphatic heterocycles.